The van der Waals surface area contributed by atoms with Crippen LogP contribution in [0.15, 0.2) is 42.5 Å². The minimum Gasteiger partial charge on any atom is -0.340 e. The lowest BCUT2D eigenvalue weighted by molar-refractivity contribution is -0.136. The van der Waals surface area contributed by atoms with Gasteiger partial charge in [0.25, 0.3) is 0 Å². The molecular formula is C17H14ClFN4O2. The molecule has 0 spiro atoms. The third-order valence-corrected chi connectivity index (χ3v) is 3.86. The summed E-state index contributed by atoms with van der Waals surface area (Å²) in [6.07, 6.45) is 0. The Bertz CT molecular complexity index is 924. The molecule has 0 radical (unpaired) electrons. The number of hydrogen-bond acceptors (Lipinski definition) is 3. The highest BCUT2D eigenvalue weighted by atomic mass is 35.5. The van der Waals surface area contributed by atoms with Gasteiger partial charge in [-0.25, -0.2) is 9.37 Å². The minimum absolute atomic E-state index is 0.0686. The summed E-state index contributed by atoms with van der Waals surface area (Å²) in [7, 11) is 0. The van der Waals surface area contributed by atoms with Crippen molar-refractivity contribution in [1.82, 2.24) is 15.3 Å². The van der Waals surface area contributed by atoms with Crippen molar-refractivity contribution in [3.05, 3.63) is 59.1 Å². The van der Waals surface area contributed by atoms with Crippen LogP contribution in [0.2, 0.25) is 5.02 Å². The third kappa shape index (κ3) is 3.77. The van der Waals surface area contributed by atoms with Crippen LogP contribution in [0.1, 0.15) is 18.8 Å². The normalized spacial score (nSPS) is 12.0. The number of amides is 2. The van der Waals surface area contributed by atoms with Crippen LogP contribution >= 0.6 is 11.6 Å². The number of imidazole rings is 1. The van der Waals surface area contributed by atoms with E-state index >= 15 is 0 Å². The lowest BCUT2D eigenvalue weighted by Gasteiger charge is -2.11. The largest absolute Gasteiger partial charge is 0.340 e. The summed E-state index contributed by atoms with van der Waals surface area (Å²) in [5.74, 6) is -1.93. The lowest BCUT2D eigenvalue weighted by atomic mass is 10.3. The van der Waals surface area contributed by atoms with Crippen LogP contribution in [0.25, 0.3) is 11.0 Å². The first-order valence-electron chi connectivity index (χ1n) is 7.45. The smallest absolute Gasteiger partial charge is 0.313 e. The zero-order valence-corrected chi connectivity index (χ0v) is 13.9. The molecule has 1 heterocycles. The monoisotopic (exact) mass is 360 g/mol. The number of H-pyrrole nitrogens is 1. The molecule has 1 aromatic heterocycles. The number of carbonyl (C=O) groups is 2. The maximum atomic E-state index is 13.4. The Hall–Kier alpha value is -2.93. The maximum absolute atomic E-state index is 13.4. The van der Waals surface area contributed by atoms with Crippen LogP contribution in [-0.2, 0) is 9.59 Å². The molecule has 0 saturated heterocycles. The Morgan fingerprint density at radius 3 is 2.68 bits per heavy atom. The molecule has 3 N–H and O–H groups in total. The van der Waals surface area contributed by atoms with Gasteiger partial charge < -0.3 is 15.6 Å². The van der Waals surface area contributed by atoms with Gasteiger partial charge in [0.1, 0.15) is 11.6 Å². The first kappa shape index (κ1) is 16.9. The number of para-hydroxylation sites is 2. The van der Waals surface area contributed by atoms with E-state index in [9.17, 15) is 14.0 Å². The van der Waals surface area contributed by atoms with Gasteiger partial charge in [-0.3, -0.25) is 9.59 Å². The van der Waals surface area contributed by atoms with Crippen molar-refractivity contribution in [2.24, 2.45) is 0 Å². The van der Waals surface area contributed by atoms with E-state index in [2.05, 4.69) is 20.6 Å². The van der Waals surface area contributed by atoms with Crippen LogP contribution in [0.3, 0.4) is 0 Å². The molecule has 0 saturated carbocycles. The number of aromatic amines is 1. The van der Waals surface area contributed by atoms with E-state index in [-0.39, 0.29) is 10.7 Å². The third-order valence-electron chi connectivity index (χ3n) is 3.55. The predicted octanol–water partition coefficient (Wildman–Crippen LogP) is 3.17. The zero-order chi connectivity index (χ0) is 18.0. The number of benzene rings is 2. The van der Waals surface area contributed by atoms with Gasteiger partial charge in [0.05, 0.1) is 22.1 Å². The summed E-state index contributed by atoms with van der Waals surface area (Å²) < 4.78 is 13.4. The van der Waals surface area contributed by atoms with E-state index in [0.717, 1.165) is 17.1 Å². The molecule has 0 bridgehead atoms. The molecule has 1 atom stereocenters. The summed E-state index contributed by atoms with van der Waals surface area (Å²) in [6.45, 7) is 1.70. The number of hydrogen-bond donors (Lipinski definition) is 3. The fourth-order valence-electron chi connectivity index (χ4n) is 2.27. The zero-order valence-electron chi connectivity index (χ0n) is 13.1. The number of carbonyl (C=O) groups excluding carboxylic acids is 2. The summed E-state index contributed by atoms with van der Waals surface area (Å²) >= 11 is 5.57. The van der Waals surface area contributed by atoms with Crippen LogP contribution in [0.5, 0.6) is 0 Å². The van der Waals surface area contributed by atoms with E-state index in [1.807, 2.05) is 24.3 Å². The summed E-state index contributed by atoms with van der Waals surface area (Å²) in [5, 5.41) is 4.78. The molecule has 3 aromatic rings. The average Bonchev–Trinajstić information content (AvgIpc) is 3.02. The Balaban J connectivity index is 1.65. The number of rotatable bonds is 3. The van der Waals surface area contributed by atoms with Gasteiger partial charge in [0.15, 0.2) is 0 Å². The maximum Gasteiger partial charge on any atom is 0.313 e. The SMILES string of the molecule is CC(NC(=O)C(=O)Nc1ccc(Cl)c(F)c1)c1nc2ccccc2[nH]1. The fourth-order valence-corrected chi connectivity index (χ4v) is 2.39. The van der Waals surface area contributed by atoms with Crippen LogP contribution < -0.4 is 10.6 Å². The molecule has 128 valence electrons. The van der Waals surface area contributed by atoms with Crippen molar-refractivity contribution < 1.29 is 14.0 Å². The molecule has 6 nitrogen and oxygen atoms in total. The molecule has 25 heavy (non-hydrogen) atoms. The second-order valence-electron chi connectivity index (χ2n) is 5.42. The van der Waals surface area contributed by atoms with Crippen molar-refractivity contribution in [1.29, 1.82) is 0 Å². The predicted molar refractivity (Wildman–Crippen MR) is 92.7 cm³/mol. The Kier molecular flexibility index (Phi) is 4.67. The number of nitrogens with one attached hydrogen (secondary N) is 3. The summed E-state index contributed by atoms with van der Waals surface area (Å²) in [6, 6.07) is 10.7. The first-order chi connectivity index (χ1) is 11.9. The molecule has 2 amide bonds. The highest BCUT2D eigenvalue weighted by molar-refractivity contribution is 6.39. The van der Waals surface area contributed by atoms with Crippen LogP contribution in [0, 0.1) is 5.82 Å². The molecule has 2 aromatic carbocycles. The molecule has 1 unspecified atom stereocenters. The molecule has 0 aliphatic heterocycles. The standard InChI is InChI=1S/C17H14ClFN4O2/c1-9(15-22-13-4-2-3-5-14(13)23-15)20-16(24)17(25)21-10-6-7-11(18)12(19)8-10/h2-9H,1H3,(H,20,24)(H,21,25)(H,22,23). The van der Waals surface area contributed by atoms with Gasteiger partial charge in [-0.05, 0) is 37.3 Å². The number of anilines is 1. The topological polar surface area (TPSA) is 86.9 Å². The molecule has 3 rings (SSSR count). The van der Waals surface area contributed by atoms with E-state index < -0.39 is 23.7 Å². The lowest BCUT2D eigenvalue weighted by Crippen LogP contribution is -2.37. The van der Waals surface area contributed by atoms with Gasteiger partial charge in [-0.15, -0.1) is 0 Å². The van der Waals surface area contributed by atoms with Gasteiger partial charge in [-0.1, -0.05) is 23.7 Å². The molecule has 0 aliphatic carbocycles. The van der Waals surface area contributed by atoms with Crippen molar-refractivity contribution in [2.75, 3.05) is 5.32 Å². The Labute approximate surface area is 147 Å². The van der Waals surface area contributed by atoms with Crippen LogP contribution in [-0.4, -0.2) is 21.8 Å². The van der Waals surface area contributed by atoms with Gasteiger partial charge in [0.2, 0.25) is 0 Å². The average molecular weight is 361 g/mol. The first-order valence-corrected chi connectivity index (χ1v) is 7.83. The highest BCUT2D eigenvalue weighted by Gasteiger charge is 2.19. The Morgan fingerprint density at radius 2 is 1.96 bits per heavy atom. The molecule has 8 heteroatoms. The molecule has 0 aliphatic rings. The summed E-state index contributed by atoms with van der Waals surface area (Å²) in [5.41, 5.74) is 1.73. The second kappa shape index (κ2) is 6.90. The highest BCUT2D eigenvalue weighted by Crippen LogP contribution is 2.19. The van der Waals surface area contributed by atoms with Crippen molar-refractivity contribution in [3.8, 4) is 0 Å². The second-order valence-corrected chi connectivity index (χ2v) is 5.82. The fraction of sp³-hybridized carbons (Fsp3) is 0.118. The van der Waals surface area contributed by atoms with Crippen molar-refractivity contribution >= 4 is 40.1 Å². The quantitative estimate of drug-likeness (QED) is 0.627. The van der Waals surface area contributed by atoms with Gasteiger partial charge >= 0.3 is 11.8 Å². The van der Waals surface area contributed by atoms with E-state index in [0.29, 0.717) is 5.82 Å². The van der Waals surface area contributed by atoms with Crippen molar-refractivity contribution in [2.45, 2.75) is 13.0 Å². The number of aromatic nitrogens is 2. The number of fused-ring (bicyclic) bond motifs is 1. The van der Waals surface area contributed by atoms with E-state index in [4.69, 9.17) is 11.6 Å². The summed E-state index contributed by atoms with van der Waals surface area (Å²) in [4.78, 5) is 31.4. The number of halogens is 2. The van der Waals surface area contributed by atoms with E-state index in [1.165, 1.54) is 12.1 Å². The van der Waals surface area contributed by atoms with E-state index in [1.54, 1.807) is 6.92 Å². The van der Waals surface area contributed by atoms with Crippen LogP contribution in [0.4, 0.5) is 10.1 Å². The van der Waals surface area contributed by atoms with Gasteiger partial charge in [0, 0.05) is 5.69 Å². The Morgan fingerprint density at radius 1 is 1.20 bits per heavy atom. The number of nitrogens with zero attached hydrogens (tertiary/aromatic N) is 1. The van der Waals surface area contributed by atoms with Gasteiger partial charge in [-0.2, -0.15) is 0 Å². The van der Waals surface area contributed by atoms with Crippen molar-refractivity contribution in [3.63, 3.8) is 0 Å². The molecular weight excluding hydrogens is 347 g/mol. The minimum atomic E-state index is -0.912. The molecule has 0 fully saturated rings.